The smallest absolute Gasteiger partial charge is 0.143 e. The highest BCUT2D eigenvalue weighted by molar-refractivity contribution is 6.16. The second kappa shape index (κ2) is 15.6. The molecule has 0 amide bonds. The average Bonchev–Trinajstić information content (AvgIpc) is 3.73. The fourth-order valence-electron chi connectivity index (χ4n) is 9.40. The van der Waals surface area contributed by atoms with Crippen molar-refractivity contribution in [3.05, 3.63) is 230 Å². The van der Waals surface area contributed by atoms with Crippen molar-refractivity contribution in [1.82, 2.24) is 0 Å². The standard InChI is InChI=1S/C60H43NO/c1-3-40-38-56(54-23-11-10-22-53(54)50(40)4-2)44-27-33-49(34-28-44)61(48-31-25-42(26-32-48)46-19-14-18-45(37-46)41-15-6-5-7-16-41)58-24-13-12-20-51(58)47-30-36-59-57(39-47)55-35-29-43-17-8-9-21-52(43)60(55)62-59/h3-6,8-15,17-39H,1-2,7,16H2. The number of furan rings is 1. The highest BCUT2D eigenvalue weighted by Crippen LogP contribution is 2.44. The molecule has 0 saturated carbocycles. The molecule has 0 bridgehead atoms. The predicted octanol–water partition coefficient (Wildman–Crippen LogP) is 17.4. The SMILES string of the molecule is C=Cc1cc(-c2ccc(N(c3ccc(-c4cccc(C5=CC=CCC5)c4)cc3)c3ccccc3-c3ccc4oc5c6ccccc6ccc5c4c3)cc2)c2ccccc2c1C=C. The Balaban J connectivity index is 1.04. The fraction of sp³-hybridized carbons (Fsp3) is 0.0333. The Labute approximate surface area is 362 Å². The third-order valence-corrected chi connectivity index (χ3v) is 12.5. The third-order valence-electron chi connectivity index (χ3n) is 12.5. The number of rotatable bonds is 9. The van der Waals surface area contributed by atoms with Crippen LogP contribution < -0.4 is 4.90 Å². The molecule has 1 aromatic heterocycles. The average molecular weight is 794 g/mol. The van der Waals surface area contributed by atoms with Crippen molar-refractivity contribution in [1.29, 1.82) is 0 Å². The molecule has 0 spiro atoms. The minimum atomic E-state index is 0.884. The molecule has 62 heavy (non-hydrogen) atoms. The van der Waals surface area contributed by atoms with Crippen LogP contribution in [0.2, 0.25) is 0 Å². The molecular weight excluding hydrogens is 751 g/mol. The maximum atomic E-state index is 6.54. The summed E-state index contributed by atoms with van der Waals surface area (Å²) in [6.45, 7) is 8.27. The molecule has 2 nitrogen and oxygen atoms in total. The zero-order valence-corrected chi connectivity index (χ0v) is 34.4. The number of allylic oxidation sites excluding steroid dienone is 4. The molecule has 0 N–H and O–H groups in total. The van der Waals surface area contributed by atoms with E-state index in [1.165, 1.54) is 44.0 Å². The zero-order chi connectivity index (χ0) is 41.6. The molecule has 2 heteroatoms. The van der Waals surface area contributed by atoms with Crippen molar-refractivity contribution >= 4 is 78.3 Å². The number of hydrogen-bond donors (Lipinski definition) is 0. The van der Waals surface area contributed by atoms with Gasteiger partial charge >= 0.3 is 0 Å². The zero-order valence-electron chi connectivity index (χ0n) is 34.4. The molecular formula is C60H43NO. The summed E-state index contributed by atoms with van der Waals surface area (Å²) < 4.78 is 6.54. The minimum absolute atomic E-state index is 0.884. The monoisotopic (exact) mass is 793 g/mol. The minimum Gasteiger partial charge on any atom is -0.455 e. The van der Waals surface area contributed by atoms with Crippen molar-refractivity contribution < 1.29 is 4.42 Å². The molecule has 1 heterocycles. The summed E-state index contributed by atoms with van der Waals surface area (Å²) >= 11 is 0. The molecule has 0 radical (unpaired) electrons. The van der Waals surface area contributed by atoms with Crippen LogP contribution in [-0.4, -0.2) is 0 Å². The number of anilines is 3. The first kappa shape index (κ1) is 37.1. The summed E-state index contributed by atoms with van der Waals surface area (Å²) in [5.41, 5.74) is 16.8. The van der Waals surface area contributed by atoms with Gasteiger partial charge in [-0.05, 0) is 140 Å². The Kier molecular flexibility index (Phi) is 9.32. The second-order valence-corrected chi connectivity index (χ2v) is 16.0. The van der Waals surface area contributed by atoms with Crippen molar-refractivity contribution in [2.24, 2.45) is 0 Å². The van der Waals surface area contributed by atoms with Crippen LogP contribution in [0.15, 0.2) is 218 Å². The van der Waals surface area contributed by atoms with E-state index in [1.54, 1.807) is 0 Å². The quantitative estimate of drug-likeness (QED) is 0.145. The van der Waals surface area contributed by atoms with E-state index in [4.69, 9.17) is 4.42 Å². The molecule has 1 aliphatic rings. The molecule has 294 valence electrons. The maximum Gasteiger partial charge on any atom is 0.143 e. The molecule has 1 aliphatic carbocycles. The number of fused-ring (bicyclic) bond motifs is 6. The molecule has 0 atom stereocenters. The molecule has 10 aromatic rings. The van der Waals surface area contributed by atoms with Gasteiger partial charge in [-0.25, -0.2) is 0 Å². The van der Waals surface area contributed by atoms with Gasteiger partial charge in [-0.15, -0.1) is 0 Å². The van der Waals surface area contributed by atoms with Crippen LogP contribution >= 0.6 is 0 Å². The third kappa shape index (κ3) is 6.45. The van der Waals surface area contributed by atoms with Crippen LogP contribution in [-0.2, 0) is 0 Å². The van der Waals surface area contributed by atoms with E-state index in [0.717, 1.165) is 85.0 Å². The molecule has 0 fully saturated rings. The van der Waals surface area contributed by atoms with Gasteiger partial charge in [0, 0.05) is 33.1 Å². The van der Waals surface area contributed by atoms with Crippen molar-refractivity contribution in [3.63, 3.8) is 0 Å². The Bertz CT molecular complexity index is 3430. The number of para-hydroxylation sites is 1. The lowest BCUT2D eigenvalue weighted by Crippen LogP contribution is -2.11. The molecule has 11 rings (SSSR count). The van der Waals surface area contributed by atoms with Crippen molar-refractivity contribution in [3.8, 4) is 33.4 Å². The van der Waals surface area contributed by atoms with Gasteiger partial charge in [0.05, 0.1) is 5.69 Å². The van der Waals surface area contributed by atoms with Gasteiger partial charge in [-0.3, -0.25) is 0 Å². The lowest BCUT2D eigenvalue weighted by Gasteiger charge is -2.28. The Morgan fingerprint density at radius 1 is 0.484 bits per heavy atom. The van der Waals surface area contributed by atoms with E-state index in [1.807, 2.05) is 12.2 Å². The number of benzene rings is 9. The summed E-state index contributed by atoms with van der Waals surface area (Å²) in [5, 5.41) is 6.88. The summed E-state index contributed by atoms with van der Waals surface area (Å²) in [5.74, 6) is 0. The molecule has 0 aliphatic heterocycles. The first-order valence-corrected chi connectivity index (χ1v) is 21.4. The predicted molar refractivity (Wildman–Crippen MR) is 266 cm³/mol. The number of hydrogen-bond acceptors (Lipinski definition) is 2. The lowest BCUT2D eigenvalue weighted by atomic mass is 9.91. The summed E-state index contributed by atoms with van der Waals surface area (Å²) in [4.78, 5) is 2.39. The van der Waals surface area contributed by atoms with E-state index in [0.29, 0.717) is 0 Å². The first-order valence-electron chi connectivity index (χ1n) is 21.4. The van der Waals surface area contributed by atoms with Crippen molar-refractivity contribution in [2.45, 2.75) is 12.8 Å². The summed E-state index contributed by atoms with van der Waals surface area (Å²) in [6.07, 6.45) is 12.7. The maximum absolute atomic E-state index is 6.54. The van der Waals surface area contributed by atoms with Gasteiger partial charge in [0.2, 0.25) is 0 Å². The van der Waals surface area contributed by atoms with Gasteiger partial charge in [-0.1, -0.05) is 165 Å². The van der Waals surface area contributed by atoms with Crippen LogP contribution in [0.5, 0.6) is 0 Å². The van der Waals surface area contributed by atoms with E-state index in [-0.39, 0.29) is 0 Å². The van der Waals surface area contributed by atoms with Crippen LogP contribution in [0.25, 0.3) is 94.6 Å². The van der Waals surface area contributed by atoms with Gasteiger partial charge < -0.3 is 9.32 Å². The number of nitrogens with zero attached hydrogens (tertiary/aromatic N) is 1. The Morgan fingerprint density at radius 3 is 1.97 bits per heavy atom. The van der Waals surface area contributed by atoms with Crippen LogP contribution in [0.1, 0.15) is 29.5 Å². The summed E-state index contributed by atoms with van der Waals surface area (Å²) in [6, 6.07) is 65.9. The summed E-state index contributed by atoms with van der Waals surface area (Å²) in [7, 11) is 0. The van der Waals surface area contributed by atoms with E-state index < -0.39 is 0 Å². The second-order valence-electron chi connectivity index (χ2n) is 16.0. The van der Waals surface area contributed by atoms with Gasteiger partial charge in [0.1, 0.15) is 11.2 Å². The van der Waals surface area contributed by atoms with Crippen LogP contribution in [0, 0.1) is 0 Å². The Hall–Kier alpha value is -7.94. The Morgan fingerprint density at radius 2 is 1.19 bits per heavy atom. The topological polar surface area (TPSA) is 16.4 Å². The lowest BCUT2D eigenvalue weighted by molar-refractivity contribution is 0.672. The van der Waals surface area contributed by atoms with Crippen LogP contribution in [0.4, 0.5) is 17.1 Å². The largest absolute Gasteiger partial charge is 0.455 e. The highest BCUT2D eigenvalue weighted by Gasteiger charge is 2.20. The van der Waals surface area contributed by atoms with Gasteiger partial charge in [0.15, 0.2) is 0 Å². The molecule has 0 unspecified atom stereocenters. The normalized spacial score (nSPS) is 12.5. The van der Waals surface area contributed by atoms with E-state index >= 15 is 0 Å². The first-order chi connectivity index (χ1) is 30.6. The molecule has 9 aromatic carbocycles. The van der Waals surface area contributed by atoms with Crippen molar-refractivity contribution in [2.75, 3.05) is 4.90 Å². The van der Waals surface area contributed by atoms with E-state index in [2.05, 4.69) is 218 Å². The fourth-order valence-corrected chi connectivity index (χ4v) is 9.40. The van der Waals surface area contributed by atoms with Gasteiger partial charge in [0.25, 0.3) is 0 Å². The van der Waals surface area contributed by atoms with E-state index in [9.17, 15) is 0 Å². The van der Waals surface area contributed by atoms with Crippen LogP contribution in [0.3, 0.4) is 0 Å². The van der Waals surface area contributed by atoms with Gasteiger partial charge in [-0.2, -0.15) is 0 Å². The molecule has 0 saturated heterocycles. The highest BCUT2D eigenvalue weighted by atomic mass is 16.3.